The van der Waals surface area contributed by atoms with Crippen molar-refractivity contribution in [1.82, 2.24) is 45.7 Å². The number of carboxylic acids is 1. The van der Waals surface area contributed by atoms with Crippen LogP contribution in [0.3, 0.4) is 0 Å². The summed E-state index contributed by atoms with van der Waals surface area (Å²) < 4.78 is 0. The number of amides is 1. The number of rotatable bonds is 18. The molecule has 2 aromatic rings. The van der Waals surface area contributed by atoms with Crippen molar-refractivity contribution in [3.8, 4) is 0 Å². The zero-order valence-electron chi connectivity index (χ0n) is 26.0. The second-order valence-corrected chi connectivity index (χ2v) is 11.9. The SMILES string of the molecule is Cc1cnc(NCc2nnn(CCCNCCCNC3CCCCC3)n2)nc1NC1CCN(C(=O)CC[C@H](N)C(=O)O)CC1. The third-order valence-corrected chi connectivity index (χ3v) is 8.33. The van der Waals surface area contributed by atoms with Crippen LogP contribution in [0.25, 0.3) is 0 Å². The molecule has 0 radical (unpaired) electrons. The Kier molecular flexibility index (Phi) is 13.5. The zero-order valence-corrected chi connectivity index (χ0v) is 26.0. The van der Waals surface area contributed by atoms with E-state index in [1.165, 1.54) is 32.1 Å². The number of nitrogens with zero attached hydrogens (tertiary/aromatic N) is 7. The van der Waals surface area contributed by atoms with E-state index >= 15 is 0 Å². The summed E-state index contributed by atoms with van der Waals surface area (Å²) in [6, 6.07) is -0.122. The Bertz CT molecular complexity index is 1160. The lowest BCUT2D eigenvalue weighted by atomic mass is 9.95. The molecule has 1 saturated heterocycles. The van der Waals surface area contributed by atoms with Crippen LogP contribution in [0.1, 0.15) is 82.0 Å². The fourth-order valence-electron chi connectivity index (χ4n) is 5.60. The molecule has 1 aliphatic heterocycles. The fourth-order valence-corrected chi connectivity index (χ4v) is 5.60. The Morgan fingerprint density at radius 1 is 1.07 bits per heavy atom. The minimum atomic E-state index is -1.08. The smallest absolute Gasteiger partial charge is 0.320 e. The second-order valence-electron chi connectivity index (χ2n) is 11.9. The standard InChI is InChI=1S/C29H50N12O3/c1-21-19-33-29(36-27(21)35-23-11-17-40(18-12-23)26(42)10-9-24(30)28(43)44)34-20-25-37-39-41(38-25)16-6-14-31-13-5-15-32-22-7-3-2-4-8-22/h19,22-24,31-32H,2-18,20,30H2,1H3,(H,43,44)(H2,33,34,35,36)/t24-/m0/s1. The Balaban J connectivity index is 1.10. The van der Waals surface area contributed by atoms with Crippen LogP contribution in [0, 0.1) is 6.92 Å². The third-order valence-electron chi connectivity index (χ3n) is 8.33. The number of piperidine rings is 1. The van der Waals surface area contributed by atoms with Crippen LogP contribution in [0.5, 0.6) is 0 Å². The number of nitrogens with one attached hydrogen (secondary N) is 4. The summed E-state index contributed by atoms with van der Waals surface area (Å²) in [7, 11) is 0. The molecule has 0 bridgehead atoms. The molecule has 2 aromatic heterocycles. The molecule has 0 spiro atoms. The summed E-state index contributed by atoms with van der Waals surface area (Å²) in [4.78, 5) is 35.8. The summed E-state index contributed by atoms with van der Waals surface area (Å²) >= 11 is 0. The lowest BCUT2D eigenvalue weighted by Crippen LogP contribution is -2.43. The van der Waals surface area contributed by atoms with Gasteiger partial charge in [0.05, 0.1) is 13.1 Å². The number of hydrogen-bond donors (Lipinski definition) is 6. The number of anilines is 2. The third kappa shape index (κ3) is 11.2. The first-order valence-corrected chi connectivity index (χ1v) is 16.2. The zero-order chi connectivity index (χ0) is 31.1. The van der Waals surface area contributed by atoms with Crippen molar-refractivity contribution in [2.75, 3.05) is 43.4 Å². The topological polar surface area (TPSA) is 201 Å². The van der Waals surface area contributed by atoms with Crippen molar-refractivity contribution in [3.63, 3.8) is 0 Å². The summed E-state index contributed by atoms with van der Waals surface area (Å²) in [5.41, 5.74) is 6.45. The minimum Gasteiger partial charge on any atom is -0.480 e. The normalized spacial score (nSPS) is 17.0. The first-order valence-electron chi connectivity index (χ1n) is 16.2. The van der Waals surface area contributed by atoms with Gasteiger partial charge in [-0.25, -0.2) is 4.98 Å². The van der Waals surface area contributed by atoms with Gasteiger partial charge in [0.15, 0.2) is 5.82 Å². The average Bonchev–Trinajstić information content (AvgIpc) is 3.49. The predicted octanol–water partition coefficient (Wildman–Crippen LogP) is 1.27. The lowest BCUT2D eigenvalue weighted by Gasteiger charge is -2.33. The van der Waals surface area contributed by atoms with Crippen LogP contribution in [0.15, 0.2) is 6.20 Å². The van der Waals surface area contributed by atoms with Crippen molar-refractivity contribution in [2.24, 2.45) is 5.73 Å². The van der Waals surface area contributed by atoms with Crippen LogP contribution in [0.2, 0.25) is 0 Å². The highest BCUT2D eigenvalue weighted by molar-refractivity contribution is 5.78. The van der Waals surface area contributed by atoms with Gasteiger partial charge in [-0.3, -0.25) is 9.59 Å². The maximum absolute atomic E-state index is 12.4. The van der Waals surface area contributed by atoms with Crippen LogP contribution < -0.4 is 27.0 Å². The van der Waals surface area contributed by atoms with E-state index in [0.717, 1.165) is 62.7 Å². The molecule has 244 valence electrons. The molecule has 44 heavy (non-hydrogen) atoms. The number of carbonyl (C=O) groups is 2. The Morgan fingerprint density at radius 2 is 1.84 bits per heavy atom. The maximum Gasteiger partial charge on any atom is 0.320 e. The number of hydrogen-bond acceptors (Lipinski definition) is 12. The van der Waals surface area contributed by atoms with Crippen molar-refractivity contribution in [1.29, 1.82) is 0 Å². The molecule has 0 aromatic carbocycles. The second kappa shape index (κ2) is 17.8. The van der Waals surface area contributed by atoms with Crippen molar-refractivity contribution < 1.29 is 14.7 Å². The predicted molar refractivity (Wildman–Crippen MR) is 167 cm³/mol. The van der Waals surface area contributed by atoms with Gasteiger partial charge >= 0.3 is 5.97 Å². The molecule has 2 aliphatic rings. The molecule has 4 rings (SSSR count). The monoisotopic (exact) mass is 614 g/mol. The summed E-state index contributed by atoms with van der Waals surface area (Å²) in [5, 5.41) is 35.6. The molecule has 1 amide bonds. The van der Waals surface area contributed by atoms with E-state index in [9.17, 15) is 9.59 Å². The van der Waals surface area contributed by atoms with Crippen molar-refractivity contribution >= 4 is 23.6 Å². The van der Waals surface area contributed by atoms with Gasteiger partial charge in [0.25, 0.3) is 0 Å². The van der Waals surface area contributed by atoms with E-state index in [1.54, 1.807) is 15.9 Å². The van der Waals surface area contributed by atoms with E-state index in [4.69, 9.17) is 10.8 Å². The van der Waals surface area contributed by atoms with Gasteiger partial charge in [0.1, 0.15) is 11.9 Å². The van der Waals surface area contributed by atoms with Crippen molar-refractivity contribution in [3.05, 3.63) is 17.6 Å². The summed E-state index contributed by atoms with van der Waals surface area (Å²) in [5.74, 6) is 0.652. The Hall–Kier alpha value is -3.43. The Morgan fingerprint density at radius 3 is 2.61 bits per heavy atom. The molecule has 0 unspecified atom stereocenters. The molecular weight excluding hydrogens is 564 g/mol. The maximum atomic E-state index is 12.4. The molecule has 7 N–H and O–H groups in total. The molecule has 1 aliphatic carbocycles. The van der Waals surface area contributed by atoms with Gasteiger partial charge in [-0.1, -0.05) is 19.3 Å². The molecule has 1 atom stereocenters. The molecule has 15 heteroatoms. The number of carbonyl (C=O) groups excluding carboxylic acids is 1. The van der Waals surface area contributed by atoms with Crippen molar-refractivity contribution in [2.45, 2.75) is 109 Å². The summed E-state index contributed by atoms with van der Waals surface area (Å²) in [6.45, 7) is 7.23. The van der Waals surface area contributed by atoms with E-state index < -0.39 is 12.0 Å². The highest BCUT2D eigenvalue weighted by atomic mass is 16.4. The number of tetrazole rings is 1. The minimum absolute atomic E-state index is 0.0555. The van der Waals surface area contributed by atoms with Crippen LogP contribution >= 0.6 is 0 Å². The first-order chi connectivity index (χ1) is 21.4. The van der Waals surface area contributed by atoms with E-state index in [0.29, 0.717) is 38.0 Å². The number of nitrogens with two attached hydrogens (primary N) is 1. The number of likely N-dealkylation sites (tertiary alicyclic amines) is 1. The van der Waals surface area contributed by atoms with Gasteiger partial charge < -0.3 is 37.0 Å². The van der Waals surface area contributed by atoms with E-state index in [2.05, 4.69) is 46.6 Å². The fraction of sp³-hybridized carbons (Fsp3) is 0.759. The summed E-state index contributed by atoms with van der Waals surface area (Å²) in [6.07, 6.45) is 12.4. The number of aliphatic carboxylic acids is 1. The lowest BCUT2D eigenvalue weighted by molar-refractivity contribution is -0.139. The first kappa shape index (κ1) is 33.5. The van der Waals surface area contributed by atoms with Gasteiger partial charge in [-0.15, -0.1) is 10.2 Å². The average molecular weight is 615 g/mol. The van der Waals surface area contributed by atoms with Crippen LogP contribution in [0.4, 0.5) is 11.8 Å². The quantitative estimate of drug-likeness (QED) is 0.131. The number of carboxylic acid groups (broad SMARTS) is 1. The van der Waals surface area contributed by atoms with Gasteiger partial charge in [-0.2, -0.15) is 9.78 Å². The highest BCUT2D eigenvalue weighted by Gasteiger charge is 2.24. The van der Waals surface area contributed by atoms with Crippen LogP contribution in [-0.2, 0) is 22.7 Å². The van der Waals surface area contributed by atoms with Gasteiger partial charge in [-0.05, 0) is 76.7 Å². The van der Waals surface area contributed by atoms with Gasteiger partial charge in [0.2, 0.25) is 11.9 Å². The number of aryl methyl sites for hydroxylation is 2. The molecule has 15 nitrogen and oxygen atoms in total. The van der Waals surface area contributed by atoms with Gasteiger partial charge in [0, 0.05) is 43.4 Å². The van der Waals surface area contributed by atoms with E-state index in [-0.39, 0.29) is 24.8 Å². The number of aromatic nitrogens is 6. The Labute approximate surface area is 259 Å². The van der Waals surface area contributed by atoms with E-state index in [1.807, 2.05) is 6.92 Å². The van der Waals surface area contributed by atoms with Crippen LogP contribution in [-0.4, -0.2) is 103 Å². The molecule has 2 fully saturated rings. The molecule has 1 saturated carbocycles. The largest absolute Gasteiger partial charge is 0.480 e. The molecule has 3 heterocycles. The molecular formula is C29H50N12O3. The highest BCUT2D eigenvalue weighted by Crippen LogP contribution is 2.20.